The predicted octanol–water partition coefficient (Wildman–Crippen LogP) is 9.61. The molecule has 5 aromatic carbocycles. The number of benzene rings is 5. The highest BCUT2D eigenvalue weighted by Gasteiger charge is 2.13. The third-order valence-electron chi connectivity index (χ3n) is 7.68. The monoisotopic (exact) mass is 992 g/mol. The van der Waals surface area contributed by atoms with Crippen molar-refractivity contribution < 1.29 is 66.5 Å². The van der Waals surface area contributed by atoms with E-state index in [2.05, 4.69) is 19.6 Å². The number of esters is 3. The summed E-state index contributed by atoms with van der Waals surface area (Å²) in [6.45, 7) is 16.3. The van der Waals surface area contributed by atoms with Crippen molar-refractivity contribution in [3.63, 3.8) is 0 Å². The van der Waals surface area contributed by atoms with Gasteiger partial charge in [0.1, 0.15) is 69.2 Å². The van der Waals surface area contributed by atoms with E-state index in [0.29, 0.717) is 72.7 Å². The molecule has 16 heteroatoms. The van der Waals surface area contributed by atoms with Crippen LogP contribution in [0.2, 0.25) is 19.6 Å². The van der Waals surface area contributed by atoms with E-state index in [0.717, 1.165) is 28.8 Å². The average Bonchev–Trinajstić information content (AvgIpc) is 3.35. The van der Waals surface area contributed by atoms with E-state index in [1.165, 1.54) is 25.7 Å². The molecule has 0 aliphatic heterocycles. The van der Waals surface area contributed by atoms with Gasteiger partial charge in [0.15, 0.2) is 8.32 Å². The van der Waals surface area contributed by atoms with Crippen LogP contribution in [0, 0.1) is 0 Å². The minimum atomic E-state index is -1.38. The van der Waals surface area contributed by atoms with E-state index >= 15 is 0 Å². The first kappa shape index (κ1) is 61.1. The van der Waals surface area contributed by atoms with Crippen LogP contribution in [0.1, 0.15) is 20.8 Å². The molecule has 0 amide bonds. The van der Waals surface area contributed by atoms with Crippen LogP contribution < -0.4 is 18.9 Å². The van der Waals surface area contributed by atoms with Gasteiger partial charge in [-0.15, -0.1) is 11.8 Å². The Kier molecular flexibility index (Phi) is 37.4. The number of carbonyl (C=O) groups excluding carboxylic acids is 3. The number of aliphatic hydroxyl groups excluding tert-OH is 1. The fourth-order valence-corrected chi connectivity index (χ4v) is 6.18. The van der Waals surface area contributed by atoms with E-state index in [1.54, 1.807) is 11.8 Å². The van der Waals surface area contributed by atoms with E-state index in [4.69, 9.17) is 52.2 Å². The summed E-state index contributed by atoms with van der Waals surface area (Å²) in [4.78, 5) is 32.5. The van der Waals surface area contributed by atoms with Crippen LogP contribution in [0.25, 0.3) is 0 Å². The summed E-state index contributed by atoms with van der Waals surface area (Å²) in [5.41, 5.74) is 0. The minimum absolute atomic E-state index is 0.0644. The Morgan fingerprint density at radius 2 is 0.710 bits per heavy atom. The smallest absolute Gasteiger partial charge is 0.302 e. The van der Waals surface area contributed by atoms with Crippen molar-refractivity contribution in [1.29, 1.82) is 0 Å². The van der Waals surface area contributed by atoms with Crippen molar-refractivity contribution in [1.82, 2.24) is 0 Å². The standard InChI is InChI=1S/C14H20O5.C11H18O2Si.C10H12O3.C10H12O2S.C8H10O2/c1-13(15)18-11-9-16-7-8-17-10-12-19-14-5-3-2-4-6-14;1-14(2,3)13-10-9-12-11-7-5-4-6-8-11;2*1-9(11)12-7-8-13-10-5-3-2-4-6-10;9-6-7-10-8-4-2-1-3-5-8/h2-6H,7-12H2,1H3;4-8H,9-10H2,1-3H3;2*2-6H,7-8H2,1H3;1-5,9H,6-7H2. The van der Waals surface area contributed by atoms with Crippen molar-refractivity contribution in [3.8, 4) is 23.0 Å². The third-order valence-corrected chi connectivity index (χ3v) is 9.73. The summed E-state index contributed by atoms with van der Waals surface area (Å²) < 4.78 is 51.7. The zero-order chi connectivity index (χ0) is 50.5. The second kappa shape index (κ2) is 42.2. The molecule has 0 heterocycles. The molecule has 0 aliphatic rings. The van der Waals surface area contributed by atoms with Crippen LogP contribution in [0.15, 0.2) is 157 Å². The second-order valence-electron chi connectivity index (χ2n) is 14.7. The number of hydrogen-bond donors (Lipinski definition) is 1. The van der Waals surface area contributed by atoms with Gasteiger partial charge >= 0.3 is 17.9 Å². The molecule has 0 fully saturated rings. The van der Waals surface area contributed by atoms with Crippen molar-refractivity contribution in [2.24, 2.45) is 0 Å². The van der Waals surface area contributed by atoms with E-state index < -0.39 is 8.32 Å². The second-order valence-corrected chi connectivity index (χ2v) is 20.4. The first-order chi connectivity index (χ1) is 33.4. The molecular formula is C53H72O14SSi. The largest absolute Gasteiger partial charge is 0.491 e. The van der Waals surface area contributed by atoms with Gasteiger partial charge in [0.05, 0.1) is 39.6 Å². The Morgan fingerprint density at radius 3 is 1.09 bits per heavy atom. The molecule has 1 N–H and O–H groups in total. The summed E-state index contributed by atoms with van der Waals surface area (Å²) in [5.74, 6) is 3.36. The van der Waals surface area contributed by atoms with Crippen LogP contribution in [0.3, 0.4) is 0 Å². The molecule has 0 radical (unpaired) electrons. The molecule has 5 rings (SSSR count). The van der Waals surface area contributed by atoms with Gasteiger partial charge in [-0.25, -0.2) is 0 Å². The Labute approximate surface area is 414 Å². The summed E-state index contributed by atoms with van der Waals surface area (Å²) in [6.07, 6.45) is 0. The van der Waals surface area contributed by atoms with E-state index in [-0.39, 0.29) is 31.1 Å². The zero-order valence-electron chi connectivity index (χ0n) is 41.0. The molecule has 0 spiro atoms. The molecular weight excluding hydrogens is 921 g/mol. The first-order valence-electron chi connectivity index (χ1n) is 22.6. The molecule has 0 bridgehead atoms. The van der Waals surface area contributed by atoms with Crippen LogP contribution >= 0.6 is 11.8 Å². The van der Waals surface area contributed by atoms with Crippen molar-refractivity contribution in [2.45, 2.75) is 45.3 Å². The normalized spacial score (nSPS) is 10.0. The number of ether oxygens (including phenoxy) is 9. The zero-order valence-corrected chi connectivity index (χ0v) is 42.8. The summed E-state index contributed by atoms with van der Waals surface area (Å²) >= 11 is 1.69. The molecule has 0 aliphatic carbocycles. The van der Waals surface area contributed by atoms with Crippen LogP contribution in [0.4, 0.5) is 0 Å². The maximum absolute atomic E-state index is 10.5. The van der Waals surface area contributed by atoms with Crippen molar-refractivity contribution in [2.75, 3.05) is 91.6 Å². The maximum atomic E-state index is 10.5. The molecule has 378 valence electrons. The molecule has 0 atom stereocenters. The molecule has 14 nitrogen and oxygen atoms in total. The average molecular weight is 993 g/mol. The van der Waals surface area contributed by atoms with E-state index in [9.17, 15) is 14.4 Å². The number of hydrogen-bond acceptors (Lipinski definition) is 15. The molecule has 0 unspecified atom stereocenters. The molecule has 5 aromatic rings. The first-order valence-corrected chi connectivity index (χ1v) is 27.0. The highest BCUT2D eigenvalue weighted by molar-refractivity contribution is 7.99. The Balaban J connectivity index is 0.000000438. The molecule has 69 heavy (non-hydrogen) atoms. The van der Waals surface area contributed by atoms with Crippen LogP contribution in [-0.4, -0.2) is 123 Å². The van der Waals surface area contributed by atoms with Gasteiger partial charge in [0.25, 0.3) is 0 Å². The summed E-state index contributed by atoms with van der Waals surface area (Å²) in [7, 11) is -1.38. The Morgan fingerprint density at radius 1 is 0.406 bits per heavy atom. The molecule has 0 aromatic heterocycles. The minimum Gasteiger partial charge on any atom is -0.491 e. The lowest BCUT2D eigenvalue weighted by atomic mass is 10.3. The lowest BCUT2D eigenvalue weighted by molar-refractivity contribution is -0.143. The fraction of sp³-hybridized carbons (Fsp3) is 0.377. The van der Waals surface area contributed by atoms with Gasteiger partial charge in [-0.1, -0.05) is 91.0 Å². The van der Waals surface area contributed by atoms with Crippen LogP contribution in [0.5, 0.6) is 23.0 Å². The maximum Gasteiger partial charge on any atom is 0.302 e. The fourth-order valence-electron chi connectivity index (χ4n) is 4.73. The van der Waals surface area contributed by atoms with Gasteiger partial charge < -0.3 is 52.2 Å². The summed E-state index contributed by atoms with van der Waals surface area (Å²) in [6, 6.07) is 48.3. The third kappa shape index (κ3) is 42.0. The Bertz CT molecular complexity index is 1890. The number of para-hydroxylation sites is 4. The Hall–Kier alpha value is -5.88. The van der Waals surface area contributed by atoms with Gasteiger partial charge in [-0.3, -0.25) is 14.4 Å². The van der Waals surface area contributed by atoms with Gasteiger partial charge in [-0.05, 0) is 80.3 Å². The lowest BCUT2D eigenvalue weighted by Crippen LogP contribution is -2.27. The number of aliphatic hydroxyl groups is 1. The van der Waals surface area contributed by atoms with Crippen molar-refractivity contribution in [3.05, 3.63) is 152 Å². The van der Waals surface area contributed by atoms with Gasteiger partial charge in [0.2, 0.25) is 0 Å². The molecule has 0 saturated heterocycles. The predicted molar refractivity (Wildman–Crippen MR) is 273 cm³/mol. The SMILES string of the molecule is CC(=O)OCCOCCOCCOc1ccccc1.CC(=O)OCCOc1ccccc1.CC(=O)OCCSc1ccccc1.C[Si](C)(C)OCCOc1ccccc1.OCCOc1ccccc1. The number of carbonyl (C=O) groups is 3. The quantitative estimate of drug-likeness (QED) is 0.0183. The van der Waals surface area contributed by atoms with E-state index in [1.807, 2.05) is 152 Å². The topological polar surface area (TPSA) is 164 Å². The number of rotatable bonds is 26. The number of thioether (sulfide) groups is 1. The van der Waals surface area contributed by atoms with Gasteiger partial charge in [0, 0.05) is 31.4 Å². The van der Waals surface area contributed by atoms with Crippen LogP contribution in [-0.2, 0) is 42.5 Å². The highest BCUT2D eigenvalue weighted by atomic mass is 32.2. The summed E-state index contributed by atoms with van der Waals surface area (Å²) in [5, 5.41) is 8.40. The highest BCUT2D eigenvalue weighted by Crippen LogP contribution is 2.16. The lowest BCUT2D eigenvalue weighted by Gasteiger charge is -2.17. The van der Waals surface area contributed by atoms with Crippen molar-refractivity contribution >= 4 is 38.0 Å². The molecule has 0 saturated carbocycles. The van der Waals surface area contributed by atoms with Gasteiger partial charge in [-0.2, -0.15) is 0 Å².